The number of hydrogen-bond donors (Lipinski definition) is 1. The van der Waals surface area contributed by atoms with E-state index in [-0.39, 0.29) is 6.17 Å². The van der Waals surface area contributed by atoms with Crippen LogP contribution < -0.4 is 5.32 Å². The molecule has 0 aliphatic carbocycles. The highest BCUT2D eigenvalue weighted by Gasteiger charge is 2.20. The molecule has 3 aromatic carbocycles. The van der Waals surface area contributed by atoms with Crippen LogP contribution in [0.1, 0.15) is 28.6 Å². The number of amidine groups is 2. The molecule has 4 heteroatoms. The van der Waals surface area contributed by atoms with Crippen LogP contribution in [0.5, 0.6) is 0 Å². The smallest absolute Gasteiger partial charge is 0.169 e. The lowest BCUT2D eigenvalue weighted by Gasteiger charge is -2.22. The zero-order valence-corrected chi connectivity index (χ0v) is 17.2. The molecule has 0 saturated heterocycles. The Kier molecular flexibility index (Phi) is 5.11. The van der Waals surface area contributed by atoms with Gasteiger partial charge >= 0.3 is 0 Å². The van der Waals surface area contributed by atoms with E-state index in [0.717, 1.165) is 45.2 Å². The third-order valence-electron chi connectivity index (χ3n) is 5.29. The van der Waals surface area contributed by atoms with Crippen molar-refractivity contribution in [1.29, 1.82) is 0 Å². The summed E-state index contributed by atoms with van der Waals surface area (Å²) in [6.45, 7) is 1.99. The van der Waals surface area contributed by atoms with Crippen LogP contribution in [0.4, 0.5) is 0 Å². The molecule has 0 spiro atoms. The maximum Gasteiger partial charge on any atom is 0.169 e. The quantitative estimate of drug-likeness (QED) is 0.486. The summed E-state index contributed by atoms with van der Waals surface area (Å²) in [5, 5.41) is 3.44. The third kappa shape index (κ3) is 4.14. The molecule has 1 aliphatic rings. The summed E-state index contributed by atoms with van der Waals surface area (Å²) in [6.07, 6.45) is 1.63. The minimum absolute atomic E-state index is 0.284. The molecule has 150 valence electrons. The summed E-state index contributed by atoms with van der Waals surface area (Å²) >= 11 is 0. The molecule has 1 aliphatic heterocycles. The molecular formula is C27H22N4. The maximum atomic E-state index is 4.92. The van der Waals surface area contributed by atoms with Gasteiger partial charge in [-0.25, -0.2) is 9.98 Å². The van der Waals surface area contributed by atoms with Crippen LogP contribution in [0.3, 0.4) is 0 Å². The van der Waals surface area contributed by atoms with Crippen LogP contribution in [0.25, 0.3) is 11.1 Å². The van der Waals surface area contributed by atoms with Gasteiger partial charge in [0.2, 0.25) is 0 Å². The number of benzene rings is 3. The van der Waals surface area contributed by atoms with Crippen molar-refractivity contribution in [2.75, 3.05) is 0 Å². The van der Waals surface area contributed by atoms with E-state index in [1.165, 1.54) is 0 Å². The van der Waals surface area contributed by atoms with Gasteiger partial charge in [-0.15, -0.1) is 0 Å². The second-order valence-corrected chi connectivity index (χ2v) is 7.50. The van der Waals surface area contributed by atoms with Gasteiger partial charge in [-0.3, -0.25) is 4.98 Å². The van der Waals surface area contributed by atoms with Gasteiger partial charge in [0.05, 0.1) is 0 Å². The second kappa shape index (κ2) is 8.36. The first-order chi connectivity index (χ1) is 15.3. The molecule has 4 aromatic rings. The van der Waals surface area contributed by atoms with E-state index >= 15 is 0 Å². The van der Waals surface area contributed by atoms with Crippen LogP contribution >= 0.6 is 0 Å². The highest BCUT2D eigenvalue weighted by Crippen LogP contribution is 2.25. The van der Waals surface area contributed by atoms with Gasteiger partial charge in [0, 0.05) is 28.6 Å². The molecule has 4 nitrogen and oxygen atoms in total. The van der Waals surface area contributed by atoms with Crippen LogP contribution in [-0.2, 0) is 0 Å². The average molecular weight is 403 g/mol. The predicted octanol–water partition coefficient (Wildman–Crippen LogP) is 5.55. The Bertz CT molecular complexity index is 1230. The Labute approximate surface area is 182 Å². The molecule has 0 amide bonds. The van der Waals surface area contributed by atoms with Gasteiger partial charge in [0.15, 0.2) is 6.17 Å². The summed E-state index contributed by atoms with van der Waals surface area (Å²) in [4.78, 5) is 14.2. The largest absolute Gasteiger partial charge is 0.324 e. The second-order valence-electron chi connectivity index (χ2n) is 7.50. The summed E-state index contributed by atoms with van der Waals surface area (Å²) in [7, 11) is 0. The van der Waals surface area contributed by atoms with Gasteiger partial charge in [-0.2, -0.15) is 0 Å². The van der Waals surface area contributed by atoms with Crippen molar-refractivity contribution in [1.82, 2.24) is 10.3 Å². The summed E-state index contributed by atoms with van der Waals surface area (Å²) < 4.78 is 0. The van der Waals surface area contributed by atoms with Crippen molar-refractivity contribution < 1.29 is 0 Å². The van der Waals surface area contributed by atoms with Crippen LogP contribution in [0.2, 0.25) is 0 Å². The molecule has 5 rings (SSSR count). The van der Waals surface area contributed by atoms with E-state index in [2.05, 4.69) is 64.9 Å². The lowest BCUT2D eigenvalue weighted by molar-refractivity contribution is 0.756. The topological polar surface area (TPSA) is 49.6 Å². The molecule has 0 saturated carbocycles. The molecule has 1 N–H and O–H groups in total. The van der Waals surface area contributed by atoms with E-state index in [0.29, 0.717) is 0 Å². The Morgan fingerprint density at radius 3 is 1.74 bits per heavy atom. The third-order valence-corrected chi connectivity index (χ3v) is 5.29. The van der Waals surface area contributed by atoms with Crippen molar-refractivity contribution in [2.45, 2.75) is 13.1 Å². The summed E-state index contributed by atoms with van der Waals surface area (Å²) in [5.41, 5.74) is 6.37. The monoisotopic (exact) mass is 402 g/mol. The first kappa shape index (κ1) is 18.9. The Morgan fingerprint density at radius 2 is 1.13 bits per heavy atom. The Balaban J connectivity index is 1.50. The molecule has 0 bridgehead atoms. The number of nitrogens with one attached hydrogen (secondary N) is 1. The number of hydrogen-bond acceptors (Lipinski definition) is 4. The van der Waals surface area contributed by atoms with E-state index < -0.39 is 0 Å². The SMILES string of the molecule is Cc1ccc(-c2ccc(C3=NC(c4ccccc4)N=C(c4ccccc4)N3)cc2)cn1. The van der Waals surface area contributed by atoms with Crippen molar-refractivity contribution in [3.8, 4) is 11.1 Å². The average Bonchev–Trinajstić information content (AvgIpc) is 2.85. The number of aromatic nitrogens is 1. The Hall–Kier alpha value is -4.05. The number of rotatable bonds is 4. The first-order valence-corrected chi connectivity index (χ1v) is 10.3. The van der Waals surface area contributed by atoms with E-state index in [4.69, 9.17) is 9.98 Å². The normalized spacial score (nSPS) is 15.6. The fraction of sp³-hybridized carbons (Fsp3) is 0.0741. The van der Waals surface area contributed by atoms with Gasteiger partial charge < -0.3 is 5.32 Å². The van der Waals surface area contributed by atoms with Crippen molar-refractivity contribution >= 4 is 11.7 Å². The number of pyridine rings is 1. The zero-order valence-electron chi connectivity index (χ0n) is 17.2. The molecule has 0 radical (unpaired) electrons. The molecule has 0 fully saturated rings. The van der Waals surface area contributed by atoms with Gasteiger partial charge in [-0.1, -0.05) is 91.0 Å². The molecule has 2 heterocycles. The standard InChI is InChI=1S/C27H22N4/c1-19-12-13-24(18-28-19)20-14-16-23(17-15-20)27-30-25(21-8-4-2-5-9-21)29-26(31-27)22-10-6-3-7-11-22/h2-18,25H,1H3,(H,29,30,31). The van der Waals surface area contributed by atoms with Gasteiger partial charge in [-0.05, 0) is 24.1 Å². The number of aliphatic imine (C=N–C) groups is 2. The van der Waals surface area contributed by atoms with Crippen molar-refractivity contribution in [3.63, 3.8) is 0 Å². The van der Waals surface area contributed by atoms with Gasteiger partial charge in [0.1, 0.15) is 11.7 Å². The predicted molar refractivity (Wildman–Crippen MR) is 126 cm³/mol. The number of aryl methyl sites for hydroxylation is 1. The van der Waals surface area contributed by atoms with Gasteiger partial charge in [0.25, 0.3) is 0 Å². The van der Waals surface area contributed by atoms with E-state index in [9.17, 15) is 0 Å². The fourth-order valence-electron chi connectivity index (χ4n) is 3.57. The van der Waals surface area contributed by atoms with Crippen molar-refractivity contribution in [2.24, 2.45) is 9.98 Å². The van der Waals surface area contributed by atoms with Crippen LogP contribution in [-0.4, -0.2) is 16.7 Å². The maximum absolute atomic E-state index is 4.92. The number of nitrogens with zero attached hydrogens (tertiary/aromatic N) is 3. The van der Waals surface area contributed by atoms with Crippen LogP contribution in [0.15, 0.2) is 113 Å². The Morgan fingerprint density at radius 1 is 0.581 bits per heavy atom. The highest BCUT2D eigenvalue weighted by molar-refractivity contribution is 6.15. The fourth-order valence-corrected chi connectivity index (χ4v) is 3.57. The molecule has 31 heavy (non-hydrogen) atoms. The van der Waals surface area contributed by atoms with Crippen molar-refractivity contribution in [3.05, 3.63) is 126 Å². The molecular weight excluding hydrogens is 380 g/mol. The molecule has 1 unspecified atom stereocenters. The lowest BCUT2D eigenvalue weighted by atomic mass is 10.0. The first-order valence-electron chi connectivity index (χ1n) is 10.3. The highest BCUT2D eigenvalue weighted by atomic mass is 15.2. The minimum Gasteiger partial charge on any atom is -0.324 e. The summed E-state index contributed by atoms with van der Waals surface area (Å²) in [5.74, 6) is 1.64. The molecule has 1 aromatic heterocycles. The lowest BCUT2D eigenvalue weighted by Crippen LogP contribution is -2.36. The molecule has 1 atom stereocenters. The summed E-state index contributed by atoms with van der Waals surface area (Å²) in [6, 6.07) is 32.9. The minimum atomic E-state index is -0.284. The van der Waals surface area contributed by atoms with Crippen LogP contribution in [0, 0.1) is 6.92 Å². The van der Waals surface area contributed by atoms with E-state index in [1.54, 1.807) is 0 Å². The zero-order chi connectivity index (χ0) is 21.0. The van der Waals surface area contributed by atoms with E-state index in [1.807, 2.05) is 55.6 Å².